The Balaban J connectivity index is 1.40. The predicted molar refractivity (Wildman–Crippen MR) is 121 cm³/mol. The average molecular weight is 437 g/mol. The van der Waals surface area contributed by atoms with E-state index in [1.165, 1.54) is 11.3 Å². The molecule has 0 bridgehead atoms. The number of ether oxygens (including phenoxy) is 1. The van der Waals surface area contributed by atoms with Gasteiger partial charge in [0.15, 0.2) is 0 Å². The summed E-state index contributed by atoms with van der Waals surface area (Å²) in [4.78, 5) is 27.0. The van der Waals surface area contributed by atoms with E-state index in [2.05, 4.69) is 21.6 Å². The molecule has 160 valence electrons. The lowest BCUT2D eigenvalue weighted by atomic mass is 10.1. The van der Waals surface area contributed by atoms with Gasteiger partial charge in [0.1, 0.15) is 10.8 Å². The van der Waals surface area contributed by atoms with Crippen molar-refractivity contribution in [1.29, 1.82) is 0 Å². The molecule has 2 amide bonds. The molecular weight excluding hydrogens is 412 g/mol. The van der Waals surface area contributed by atoms with Crippen LogP contribution >= 0.6 is 11.3 Å². The van der Waals surface area contributed by atoms with Crippen LogP contribution in [0.25, 0.3) is 0 Å². The summed E-state index contributed by atoms with van der Waals surface area (Å²) in [7, 11) is 1.63. The summed E-state index contributed by atoms with van der Waals surface area (Å²) >= 11 is 1.33. The highest BCUT2D eigenvalue weighted by Gasteiger charge is 2.35. The number of nitrogens with zero attached hydrogens (tertiary/aromatic N) is 3. The molecule has 2 heterocycles. The van der Waals surface area contributed by atoms with E-state index in [0.717, 1.165) is 33.1 Å². The number of aromatic nitrogens is 2. The molecule has 0 radical (unpaired) electrons. The van der Waals surface area contributed by atoms with Crippen molar-refractivity contribution in [1.82, 2.24) is 10.2 Å². The largest absolute Gasteiger partial charge is 0.496 e. The Morgan fingerprint density at radius 2 is 1.94 bits per heavy atom. The summed E-state index contributed by atoms with van der Waals surface area (Å²) in [6, 6.07) is 13.7. The third kappa shape index (κ3) is 4.74. The fourth-order valence-electron chi connectivity index (χ4n) is 3.83. The van der Waals surface area contributed by atoms with Gasteiger partial charge in [-0.05, 0) is 43.2 Å². The molecule has 1 unspecified atom stereocenters. The van der Waals surface area contributed by atoms with Crippen molar-refractivity contribution < 1.29 is 14.3 Å². The molecule has 1 aromatic heterocycles. The predicted octanol–water partition coefficient (Wildman–Crippen LogP) is 3.75. The van der Waals surface area contributed by atoms with Crippen molar-refractivity contribution in [3.05, 3.63) is 64.2 Å². The van der Waals surface area contributed by atoms with Gasteiger partial charge in [-0.25, -0.2) is 0 Å². The van der Waals surface area contributed by atoms with E-state index in [9.17, 15) is 9.59 Å². The fourth-order valence-corrected chi connectivity index (χ4v) is 4.60. The van der Waals surface area contributed by atoms with E-state index in [4.69, 9.17) is 4.74 Å². The Morgan fingerprint density at radius 1 is 1.19 bits per heavy atom. The molecule has 31 heavy (non-hydrogen) atoms. The number of carbonyl (C=O) groups is 2. The van der Waals surface area contributed by atoms with Crippen molar-refractivity contribution in [2.75, 3.05) is 23.9 Å². The molecule has 8 heteroatoms. The normalized spacial score (nSPS) is 15.9. The lowest BCUT2D eigenvalue weighted by molar-refractivity contribution is -0.122. The van der Waals surface area contributed by atoms with Crippen molar-refractivity contribution >= 4 is 34.0 Å². The van der Waals surface area contributed by atoms with Crippen LogP contribution < -0.4 is 15.0 Å². The maximum atomic E-state index is 12.8. The number of carbonyl (C=O) groups excluding carboxylic acids is 2. The molecule has 1 aliphatic rings. The molecule has 1 atom stereocenters. The number of hydrogen-bond acceptors (Lipinski definition) is 6. The van der Waals surface area contributed by atoms with Crippen molar-refractivity contribution in [2.45, 2.75) is 26.7 Å². The molecule has 1 saturated heterocycles. The van der Waals surface area contributed by atoms with Crippen LogP contribution in [0, 0.1) is 19.8 Å². The van der Waals surface area contributed by atoms with Crippen molar-refractivity contribution in [3.8, 4) is 5.75 Å². The molecule has 0 saturated carbocycles. The first-order valence-electron chi connectivity index (χ1n) is 10.1. The van der Waals surface area contributed by atoms with Gasteiger partial charge >= 0.3 is 0 Å². The smallest absolute Gasteiger partial charge is 0.231 e. The van der Waals surface area contributed by atoms with Crippen LogP contribution in [-0.2, 0) is 16.0 Å². The maximum absolute atomic E-state index is 12.8. The second-order valence-corrected chi connectivity index (χ2v) is 8.79. The highest BCUT2D eigenvalue weighted by molar-refractivity contribution is 7.15. The van der Waals surface area contributed by atoms with E-state index in [1.807, 2.05) is 50.2 Å². The van der Waals surface area contributed by atoms with Crippen LogP contribution in [0.1, 0.15) is 28.1 Å². The van der Waals surface area contributed by atoms with Gasteiger partial charge in [-0.3, -0.25) is 9.59 Å². The molecule has 1 fully saturated rings. The Labute approximate surface area is 185 Å². The third-order valence-corrected chi connectivity index (χ3v) is 6.08. The zero-order valence-corrected chi connectivity index (χ0v) is 18.5. The molecule has 2 aromatic carbocycles. The second-order valence-electron chi connectivity index (χ2n) is 7.73. The highest BCUT2D eigenvalue weighted by atomic mass is 32.1. The molecule has 1 aliphatic heterocycles. The standard InChI is InChI=1S/C23H24N4O3S/c1-14-8-15(2)10-18(9-14)27-13-17(12-21(27)28)22(29)24-23-26-25-20(31-23)11-16-6-4-5-7-19(16)30-3/h4-10,17H,11-13H2,1-3H3,(H,24,26,29). The van der Waals surface area contributed by atoms with Gasteiger partial charge in [-0.2, -0.15) is 0 Å². The number of rotatable bonds is 6. The topological polar surface area (TPSA) is 84.4 Å². The Hall–Kier alpha value is -3.26. The number of methoxy groups -OCH3 is 1. The Morgan fingerprint density at radius 3 is 2.68 bits per heavy atom. The van der Waals surface area contributed by atoms with Gasteiger partial charge < -0.3 is 15.0 Å². The molecule has 1 N–H and O–H groups in total. The number of benzene rings is 2. The minimum absolute atomic E-state index is 0.0423. The monoisotopic (exact) mass is 436 g/mol. The SMILES string of the molecule is COc1ccccc1Cc1nnc(NC(=O)C2CC(=O)N(c3cc(C)cc(C)c3)C2)s1. The van der Waals surface area contributed by atoms with Crippen LogP contribution in [0.2, 0.25) is 0 Å². The van der Waals surface area contributed by atoms with Crippen LogP contribution in [0.15, 0.2) is 42.5 Å². The van der Waals surface area contributed by atoms with E-state index >= 15 is 0 Å². The minimum Gasteiger partial charge on any atom is -0.496 e. The summed E-state index contributed by atoms with van der Waals surface area (Å²) in [6.07, 6.45) is 0.756. The number of para-hydroxylation sites is 1. The van der Waals surface area contributed by atoms with Crippen LogP contribution in [0.5, 0.6) is 5.75 Å². The minimum atomic E-state index is -0.421. The zero-order chi connectivity index (χ0) is 22.0. The lowest BCUT2D eigenvalue weighted by Gasteiger charge is -2.18. The number of aryl methyl sites for hydroxylation is 2. The first kappa shape index (κ1) is 21.0. The van der Waals surface area contributed by atoms with E-state index < -0.39 is 5.92 Å². The van der Waals surface area contributed by atoms with Crippen molar-refractivity contribution in [3.63, 3.8) is 0 Å². The van der Waals surface area contributed by atoms with Gasteiger partial charge in [0.05, 0.1) is 13.0 Å². The summed E-state index contributed by atoms with van der Waals surface area (Å²) in [6.45, 7) is 4.36. The van der Waals surface area contributed by atoms with E-state index in [-0.39, 0.29) is 18.2 Å². The molecule has 3 aromatic rings. The maximum Gasteiger partial charge on any atom is 0.231 e. The van der Waals surface area contributed by atoms with Crippen LogP contribution in [0.3, 0.4) is 0 Å². The zero-order valence-electron chi connectivity index (χ0n) is 17.7. The number of anilines is 2. The Kier molecular flexibility index (Phi) is 5.99. The highest BCUT2D eigenvalue weighted by Crippen LogP contribution is 2.29. The third-order valence-electron chi connectivity index (χ3n) is 5.25. The number of amides is 2. The molecular formula is C23H24N4O3S. The summed E-state index contributed by atoms with van der Waals surface area (Å²) < 4.78 is 5.38. The van der Waals surface area contributed by atoms with Crippen LogP contribution in [-0.4, -0.2) is 35.7 Å². The number of hydrogen-bond donors (Lipinski definition) is 1. The average Bonchev–Trinajstić information content (AvgIpc) is 3.34. The first-order chi connectivity index (χ1) is 14.9. The van der Waals surface area contributed by atoms with E-state index in [0.29, 0.717) is 18.1 Å². The molecule has 7 nitrogen and oxygen atoms in total. The first-order valence-corrected chi connectivity index (χ1v) is 10.9. The van der Waals surface area contributed by atoms with Gasteiger partial charge in [0.25, 0.3) is 0 Å². The van der Waals surface area contributed by atoms with Gasteiger partial charge in [0, 0.05) is 30.6 Å². The summed E-state index contributed by atoms with van der Waals surface area (Å²) in [5.41, 5.74) is 4.02. The fraction of sp³-hybridized carbons (Fsp3) is 0.304. The number of nitrogens with one attached hydrogen (secondary N) is 1. The lowest BCUT2D eigenvalue weighted by Crippen LogP contribution is -2.28. The molecule has 4 rings (SSSR count). The van der Waals surface area contributed by atoms with Gasteiger partial charge in [-0.15, -0.1) is 10.2 Å². The quantitative estimate of drug-likeness (QED) is 0.636. The van der Waals surface area contributed by atoms with Gasteiger partial charge in [0.2, 0.25) is 16.9 Å². The molecule has 0 spiro atoms. The van der Waals surface area contributed by atoms with E-state index in [1.54, 1.807) is 12.0 Å². The Bertz CT molecular complexity index is 1110. The summed E-state index contributed by atoms with van der Waals surface area (Å²) in [5.74, 6) is 0.119. The van der Waals surface area contributed by atoms with Gasteiger partial charge in [-0.1, -0.05) is 35.6 Å². The molecule has 0 aliphatic carbocycles. The summed E-state index contributed by atoms with van der Waals surface area (Å²) in [5, 5.41) is 12.3. The van der Waals surface area contributed by atoms with Crippen molar-refractivity contribution in [2.24, 2.45) is 5.92 Å². The second kappa shape index (κ2) is 8.85. The van der Waals surface area contributed by atoms with Crippen LogP contribution in [0.4, 0.5) is 10.8 Å².